The highest BCUT2D eigenvalue weighted by molar-refractivity contribution is 7.15. The highest BCUT2D eigenvalue weighted by Gasteiger charge is 2.18. The van der Waals surface area contributed by atoms with Gasteiger partial charge in [0, 0.05) is 23.0 Å². The summed E-state index contributed by atoms with van der Waals surface area (Å²) >= 11 is 1.62. The molecule has 3 N–H and O–H groups in total. The topological polar surface area (TPSA) is 50.9 Å². The lowest BCUT2D eigenvalue weighted by atomic mass is 9.93. The van der Waals surface area contributed by atoms with Gasteiger partial charge < -0.3 is 11.1 Å². The molecule has 0 saturated heterocycles. The van der Waals surface area contributed by atoms with E-state index in [9.17, 15) is 0 Å². The average Bonchev–Trinajstić information content (AvgIpc) is 3.09. The van der Waals surface area contributed by atoms with Gasteiger partial charge in [0.15, 0.2) is 5.13 Å². The van der Waals surface area contributed by atoms with E-state index in [-0.39, 0.29) is 0 Å². The number of nitrogens with zero attached hydrogens (tertiary/aromatic N) is 1. The molecule has 0 amide bonds. The number of nitrogens with two attached hydrogens (primary N) is 1. The number of anilines is 1. The first-order valence-corrected chi connectivity index (χ1v) is 9.89. The molecule has 2 heterocycles. The smallest absolute Gasteiger partial charge is 0.180 e. The van der Waals surface area contributed by atoms with Gasteiger partial charge in [-0.2, -0.15) is 0 Å². The molecule has 0 aliphatic carbocycles. The Labute approximate surface area is 158 Å². The van der Waals surface area contributed by atoms with Crippen LogP contribution in [-0.2, 0) is 6.42 Å². The summed E-state index contributed by atoms with van der Waals surface area (Å²) in [6, 6.07) is 21.5. The lowest BCUT2D eigenvalue weighted by molar-refractivity contribution is 0.503. The molecule has 1 atom stereocenters. The molecule has 0 bridgehead atoms. The molecular formula is C22H23N3S. The summed E-state index contributed by atoms with van der Waals surface area (Å²) in [5.74, 6) is 0. The zero-order chi connectivity index (χ0) is 17.8. The first kappa shape index (κ1) is 17.0. The van der Waals surface area contributed by atoms with Crippen molar-refractivity contribution in [1.29, 1.82) is 0 Å². The zero-order valence-corrected chi connectivity index (χ0v) is 15.5. The highest BCUT2D eigenvalue weighted by atomic mass is 32.1. The molecule has 1 unspecified atom stereocenters. The average molecular weight is 362 g/mol. The fourth-order valence-corrected chi connectivity index (χ4v) is 4.40. The van der Waals surface area contributed by atoms with Gasteiger partial charge in [-0.05, 0) is 30.4 Å². The Morgan fingerprint density at radius 2 is 1.69 bits per heavy atom. The summed E-state index contributed by atoms with van der Waals surface area (Å²) in [6.45, 7) is 0.936. The summed E-state index contributed by atoms with van der Waals surface area (Å²) in [6.07, 6.45) is 5.47. The number of aromatic nitrogens is 1. The molecule has 0 spiro atoms. The van der Waals surface area contributed by atoms with Crippen LogP contribution in [0, 0.1) is 0 Å². The van der Waals surface area contributed by atoms with Crippen LogP contribution in [0.4, 0.5) is 5.13 Å². The van der Waals surface area contributed by atoms with E-state index in [1.807, 2.05) is 18.2 Å². The zero-order valence-electron chi connectivity index (χ0n) is 14.7. The standard InChI is InChI=1S/C22H23N3S/c23-22-25-21(17-9-5-2-6-10-17)20(26-22)12-11-19-15-18(13-14-24-19)16-7-3-1-4-8-16/h1-10,13,19,24H,11-12,14-15H2,(H2,23,25). The normalized spacial score (nSPS) is 17.1. The second-order valence-electron chi connectivity index (χ2n) is 6.63. The van der Waals surface area contributed by atoms with Crippen LogP contribution in [-0.4, -0.2) is 17.6 Å². The number of nitrogen functional groups attached to an aromatic ring is 1. The van der Waals surface area contributed by atoms with Gasteiger partial charge in [-0.15, -0.1) is 11.3 Å². The van der Waals surface area contributed by atoms with Gasteiger partial charge in [-0.1, -0.05) is 66.7 Å². The van der Waals surface area contributed by atoms with Crippen molar-refractivity contribution in [3.8, 4) is 11.3 Å². The monoisotopic (exact) mass is 361 g/mol. The number of nitrogens with one attached hydrogen (secondary N) is 1. The largest absolute Gasteiger partial charge is 0.375 e. The van der Waals surface area contributed by atoms with E-state index >= 15 is 0 Å². The van der Waals surface area contributed by atoms with E-state index in [4.69, 9.17) is 5.73 Å². The minimum absolute atomic E-state index is 0.488. The van der Waals surface area contributed by atoms with E-state index < -0.39 is 0 Å². The van der Waals surface area contributed by atoms with Crippen molar-refractivity contribution in [3.63, 3.8) is 0 Å². The van der Waals surface area contributed by atoms with Crippen molar-refractivity contribution >= 4 is 22.0 Å². The van der Waals surface area contributed by atoms with E-state index in [2.05, 4.69) is 58.8 Å². The van der Waals surface area contributed by atoms with Crippen molar-refractivity contribution in [2.75, 3.05) is 12.3 Å². The maximum atomic E-state index is 6.01. The molecule has 4 heteroatoms. The number of hydrogen-bond donors (Lipinski definition) is 2. The summed E-state index contributed by atoms with van der Waals surface area (Å²) in [5, 5.41) is 4.28. The second kappa shape index (κ2) is 7.85. The van der Waals surface area contributed by atoms with Crippen LogP contribution in [0.2, 0.25) is 0 Å². The SMILES string of the molecule is Nc1nc(-c2ccccc2)c(CCC2CC(c3ccccc3)=CCN2)s1. The van der Waals surface area contributed by atoms with Crippen LogP contribution >= 0.6 is 11.3 Å². The van der Waals surface area contributed by atoms with Gasteiger partial charge in [0.25, 0.3) is 0 Å². The molecule has 1 aliphatic heterocycles. The van der Waals surface area contributed by atoms with Crippen molar-refractivity contribution < 1.29 is 0 Å². The van der Waals surface area contributed by atoms with Crippen LogP contribution in [0.25, 0.3) is 16.8 Å². The van der Waals surface area contributed by atoms with E-state index in [0.29, 0.717) is 11.2 Å². The lowest BCUT2D eigenvalue weighted by Crippen LogP contribution is -2.33. The van der Waals surface area contributed by atoms with Crippen molar-refractivity contribution in [3.05, 3.63) is 77.2 Å². The van der Waals surface area contributed by atoms with Crippen LogP contribution in [0.15, 0.2) is 66.7 Å². The van der Waals surface area contributed by atoms with Crippen molar-refractivity contribution in [2.45, 2.75) is 25.3 Å². The number of benzene rings is 2. The van der Waals surface area contributed by atoms with Crippen LogP contribution in [0.1, 0.15) is 23.3 Å². The molecule has 0 fully saturated rings. The summed E-state index contributed by atoms with van der Waals surface area (Å²) in [7, 11) is 0. The molecule has 1 aliphatic rings. The lowest BCUT2D eigenvalue weighted by Gasteiger charge is -2.24. The van der Waals surface area contributed by atoms with Gasteiger partial charge in [0.2, 0.25) is 0 Å². The van der Waals surface area contributed by atoms with Gasteiger partial charge in [-0.3, -0.25) is 0 Å². The molecule has 0 saturated carbocycles. The first-order valence-electron chi connectivity index (χ1n) is 9.08. The molecular weight excluding hydrogens is 338 g/mol. The number of thiazole rings is 1. The Morgan fingerprint density at radius 1 is 1.00 bits per heavy atom. The third-order valence-corrected chi connectivity index (χ3v) is 5.79. The minimum atomic E-state index is 0.488. The predicted octanol–water partition coefficient (Wildman–Crippen LogP) is 4.77. The highest BCUT2D eigenvalue weighted by Crippen LogP contribution is 2.32. The Morgan fingerprint density at radius 3 is 2.42 bits per heavy atom. The Hall–Kier alpha value is -2.43. The van der Waals surface area contributed by atoms with Gasteiger partial charge in [0.1, 0.15) is 0 Å². The van der Waals surface area contributed by atoms with Crippen LogP contribution in [0.5, 0.6) is 0 Å². The quantitative estimate of drug-likeness (QED) is 0.688. The van der Waals surface area contributed by atoms with Crippen molar-refractivity contribution in [2.24, 2.45) is 0 Å². The Bertz CT molecular complexity index is 884. The fraction of sp³-hybridized carbons (Fsp3) is 0.227. The van der Waals surface area contributed by atoms with Gasteiger partial charge in [-0.25, -0.2) is 4.98 Å². The maximum absolute atomic E-state index is 6.01. The third kappa shape index (κ3) is 3.87. The van der Waals surface area contributed by atoms with Gasteiger partial charge in [0.05, 0.1) is 5.69 Å². The predicted molar refractivity (Wildman–Crippen MR) is 111 cm³/mol. The molecule has 3 aromatic rings. The van der Waals surface area contributed by atoms with Crippen molar-refractivity contribution in [1.82, 2.24) is 10.3 Å². The van der Waals surface area contributed by atoms with E-state index in [0.717, 1.165) is 37.1 Å². The Balaban J connectivity index is 1.45. The molecule has 3 nitrogen and oxygen atoms in total. The second-order valence-corrected chi connectivity index (χ2v) is 7.75. The van der Waals surface area contributed by atoms with E-state index in [1.54, 1.807) is 11.3 Å². The van der Waals surface area contributed by atoms with Crippen LogP contribution < -0.4 is 11.1 Å². The summed E-state index contributed by atoms with van der Waals surface area (Å²) < 4.78 is 0. The molecule has 26 heavy (non-hydrogen) atoms. The molecule has 0 radical (unpaired) electrons. The summed E-state index contributed by atoms with van der Waals surface area (Å²) in [4.78, 5) is 5.86. The number of rotatable bonds is 5. The third-order valence-electron chi connectivity index (χ3n) is 4.85. The maximum Gasteiger partial charge on any atom is 0.180 e. The fourth-order valence-electron chi connectivity index (χ4n) is 3.53. The molecule has 132 valence electrons. The van der Waals surface area contributed by atoms with Crippen LogP contribution in [0.3, 0.4) is 0 Å². The molecule has 2 aromatic carbocycles. The Kier molecular flexibility index (Phi) is 5.14. The molecule has 1 aromatic heterocycles. The first-order chi connectivity index (χ1) is 12.8. The van der Waals surface area contributed by atoms with E-state index in [1.165, 1.54) is 16.0 Å². The minimum Gasteiger partial charge on any atom is -0.375 e. The van der Waals surface area contributed by atoms with Gasteiger partial charge >= 0.3 is 0 Å². The summed E-state index contributed by atoms with van der Waals surface area (Å²) in [5.41, 5.74) is 11.0. The molecule has 4 rings (SSSR count). The number of aryl methyl sites for hydroxylation is 1. The number of hydrogen-bond acceptors (Lipinski definition) is 4.